The number of hydrazine groups is 2. The number of carbonyl (C=O) groups is 1. The largest absolute Gasteiger partial charge is 0.497 e. The van der Waals surface area contributed by atoms with E-state index in [0.29, 0.717) is 6.54 Å². The minimum Gasteiger partial charge on any atom is -0.497 e. The Balaban J connectivity index is 1.57. The van der Waals surface area contributed by atoms with Gasteiger partial charge in [-0.05, 0) is 41.8 Å². The standard InChI is InChI=1S/C19H25N5O2/c1-3-13-7-9-15(10-8-13)21-18-17(22-24-23-18)19(25)20-12-14-5-4-6-16(11-14)26-2/h4-11,17-18,21-24H,3,12H2,1-2H3,(H,20,25). The molecule has 2 aromatic carbocycles. The van der Waals surface area contributed by atoms with Crippen molar-refractivity contribution in [3.63, 3.8) is 0 Å². The summed E-state index contributed by atoms with van der Waals surface area (Å²) in [5.41, 5.74) is 12.0. The van der Waals surface area contributed by atoms with E-state index in [1.807, 2.05) is 36.4 Å². The summed E-state index contributed by atoms with van der Waals surface area (Å²) in [5, 5.41) is 6.27. The molecule has 2 atom stereocenters. The van der Waals surface area contributed by atoms with Gasteiger partial charge in [0.25, 0.3) is 0 Å². The third kappa shape index (κ3) is 4.51. The number of hydrogen-bond acceptors (Lipinski definition) is 6. The van der Waals surface area contributed by atoms with E-state index in [1.165, 1.54) is 5.56 Å². The van der Waals surface area contributed by atoms with Crippen LogP contribution >= 0.6 is 0 Å². The Morgan fingerprint density at radius 2 is 1.92 bits per heavy atom. The number of benzene rings is 2. The lowest BCUT2D eigenvalue weighted by Gasteiger charge is -2.20. The van der Waals surface area contributed by atoms with Gasteiger partial charge in [-0.3, -0.25) is 4.79 Å². The maximum Gasteiger partial charge on any atom is 0.242 e. The number of methoxy groups -OCH3 is 1. The first-order valence-electron chi connectivity index (χ1n) is 8.72. The fraction of sp³-hybridized carbons (Fsp3) is 0.316. The van der Waals surface area contributed by atoms with Crippen molar-refractivity contribution in [2.45, 2.75) is 32.1 Å². The average Bonchev–Trinajstić information content (AvgIpc) is 3.15. The van der Waals surface area contributed by atoms with Crippen LogP contribution in [0.3, 0.4) is 0 Å². The summed E-state index contributed by atoms with van der Waals surface area (Å²) in [6.45, 7) is 2.56. The van der Waals surface area contributed by atoms with Gasteiger partial charge in [0.1, 0.15) is 18.0 Å². The quantitative estimate of drug-likeness (QED) is 0.515. The molecule has 1 heterocycles. The molecule has 1 aliphatic rings. The summed E-state index contributed by atoms with van der Waals surface area (Å²) >= 11 is 0. The Labute approximate surface area is 153 Å². The summed E-state index contributed by atoms with van der Waals surface area (Å²) in [5.74, 6) is 0.669. The fourth-order valence-corrected chi connectivity index (χ4v) is 2.80. The highest BCUT2D eigenvalue weighted by atomic mass is 16.5. The van der Waals surface area contributed by atoms with E-state index in [-0.39, 0.29) is 12.1 Å². The van der Waals surface area contributed by atoms with Gasteiger partial charge in [0.15, 0.2) is 0 Å². The van der Waals surface area contributed by atoms with Crippen LogP contribution in [0.25, 0.3) is 0 Å². The molecule has 2 unspecified atom stereocenters. The molecule has 0 spiro atoms. The van der Waals surface area contributed by atoms with Crippen molar-refractivity contribution in [1.82, 2.24) is 21.7 Å². The van der Waals surface area contributed by atoms with Crippen LogP contribution in [0.15, 0.2) is 48.5 Å². The zero-order chi connectivity index (χ0) is 18.4. The lowest BCUT2D eigenvalue weighted by atomic mass is 10.1. The number of rotatable bonds is 7. The lowest BCUT2D eigenvalue weighted by molar-refractivity contribution is -0.123. The Morgan fingerprint density at radius 3 is 2.65 bits per heavy atom. The second-order valence-corrected chi connectivity index (χ2v) is 6.13. The second-order valence-electron chi connectivity index (χ2n) is 6.13. The average molecular weight is 355 g/mol. The maximum atomic E-state index is 12.5. The SMILES string of the molecule is CCc1ccc(NC2NNNC2C(=O)NCc2cccc(OC)c2)cc1. The van der Waals surface area contributed by atoms with Crippen LogP contribution in [0.2, 0.25) is 0 Å². The highest BCUT2D eigenvalue weighted by Gasteiger charge is 2.32. The van der Waals surface area contributed by atoms with Crippen LogP contribution < -0.4 is 31.8 Å². The van der Waals surface area contributed by atoms with E-state index in [9.17, 15) is 4.79 Å². The molecule has 26 heavy (non-hydrogen) atoms. The fourth-order valence-electron chi connectivity index (χ4n) is 2.80. The first-order chi connectivity index (χ1) is 12.7. The lowest BCUT2D eigenvalue weighted by Crippen LogP contribution is -2.50. The van der Waals surface area contributed by atoms with E-state index < -0.39 is 6.04 Å². The number of anilines is 1. The van der Waals surface area contributed by atoms with E-state index in [2.05, 4.69) is 46.1 Å². The molecule has 1 fully saturated rings. The van der Waals surface area contributed by atoms with Gasteiger partial charge >= 0.3 is 0 Å². The van der Waals surface area contributed by atoms with Crippen LogP contribution in [-0.4, -0.2) is 25.2 Å². The molecule has 1 saturated heterocycles. The highest BCUT2D eigenvalue weighted by molar-refractivity contribution is 5.83. The summed E-state index contributed by atoms with van der Waals surface area (Å²) in [7, 11) is 1.63. The van der Waals surface area contributed by atoms with Gasteiger partial charge < -0.3 is 15.4 Å². The summed E-state index contributed by atoms with van der Waals surface area (Å²) in [6.07, 6.45) is 0.730. The van der Waals surface area contributed by atoms with Crippen LogP contribution in [0.5, 0.6) is 5.75 Å². The first kappa shape index (κ1) is 18.2. The second kappa shape index (κ2) is 8.66. The molecule has 138 valence electrons. The molecule has 0 aromatic heterocycles. The van der Waals surface area contributed by atoms with Crippen LogP contribution in [0, 0.1) is 0 Å². The van der Waals surface area contributed by atoms with Gasteiger partial charge in [-0.2, -0.15) is 5.53 Å². The first-order valence-corrected chi connectivity index (χ1v) is 8.72. The molecule has 3 rings (SSSR count). The molecule has 0 aliphatic carbocycles. The van der Waals surface area contributed by atoms with Crippen molar-refractivity contribution < 1.29 is 9.53 Å². The van der Waals surface area contributed by atoms with Crippen LogP contribution in [0.4, 0.5) is 5.69 Å². The number of nitrogens with one attached hydrogen (secondary N) is 5. The van der Waals surface area contributed by atoms with Gasteiger partial charge in [-0.25, -0.2) is 10.9 Å². The Kier molecular flexibility index (Phi) is 6.06. The highest BCUT2D eigenvalue weighted by Crippen LogP contribution is 2.14. The third-order valence-corrected chi connectivity index (χ3v) is 4.36. The van der Waals surface area contributed by atoms with Gasteiger partial charge in [-0.15, -0.1) is 0 Å². The smallest absolute Gasteiger partial charge is 0.242 e. The van der Waals surface area contributed by atoms with Gasteiger partial charge in [0.05, 0.1) is 7.11 Å². The number of ether oxygens (including phenoxy) is 1. The normalized spacial score (nSPS) is 19.2. The molecule has 0 bridgehead atoms. The molecule has 2 aromatic rings. The Morgan fingerprint density at radius 1 is 1.12 bits per heavy atom. The number of carbonyl (C=O) groups excluding carboxylic acids is 1. The van der Waals surface area contributed by atoms with Crippen LogP contribution in [-0.2, 0) is 17.8 Å². The molecule has 5 N–H and O–H groups in total. The van der Waals surface area contributed by atoms with Crippen molar-refractivity contribution in [1.29, 1.82) is 0 Å². The number of aryl methyl sites for hydroxylation is 1. The third-order valence-electron chi connectivity index (χ3n) is 4.36. The van der Waals surface area contributed by atoms with Crippen molar-refractivity contribution in [2.75, 3.05) is 12.4 Å². The van der Waals surface area contributed by atoms with Gasteiger partial charge in [-0.1, -0.05) is 31.2 Å². The molecule has 7 heteroatoms. The number of hydrogen-bond donors (Lipinski definition) is 5. The van der Waals surface area contributed by atoms with E-state index in [0.717, 1.165) is 23.4 Å². The minimum absolute atomic E-state index is 0.104. The molecule has 1 amide bonds. The van der Waals surface area contributed by atoms with Crippen LogP contribution in [0.1, 0.15) is 18.1 Å². The van der Waals surface area contributed by atoms with E-state index >= 15 is 0 Å². The maximum absolute atomic E-state index is 12.5. The Bertz CT molecular complexity index is 735. The molecule has 0 radical (unpaired) electrons. The van der Waals surface area contributed by atoms with Gasteiger partial charge in [0, 0.05) is 12.2 Å². The summed E-state index contributed by atoms with van der Waals surface area (Å²) in [6, 6.07) is 15.4. The number of amides is 1. The van der Waals surface area contributed by atoms with Crippen molar-refractivity contribution >= 4 is 11.6 Å². The van der Waals surface area contributed by atoms with Gasteiger partial charge in [0.2, 0.25) is 5.91 Å². The predicted octanol–water partition coefficient (Wildman–Crippen LogP) is 1.29. The zero-order valence-corrected chi connectivity index (χ0v) is 15.0. The minimum atomic E-state index is -0.452. The summed E-state index contributed by atoms with van der Waals surface area (Å²) < 4.78 is 5.21. The van der Waals surface area contributed by atoms with E-state index in [4.69, 9.17) is 4.74 Å². The monoisotopic (exact) mass is 355 g/mol. The molecular formula is C19H25N5O2. The molecule has 7 nitrogen and oxygen atoms in total. The van der Waals surface area contributed by atoms with Crippen molar-refractivity contribution in [2.24, 2.45) is 0 Å². The molecular weight excluding hydrogens is 330 g/mol. The topological polar surface area (TPSA) is 86.5 Å². The molecule has 1 aliphatic heterocycles. The summed E-state index contributed by atoms with van der Waals surface area (Å²) in [4.78, 5) is 12.5. The predicted molar refractivity (Wildman–Crippen MR) is 101 cm³/mol. The zero-order valence-electron chi connectivity index (χ0n) is 15.0. The van der Waals surface area contributed by atoms with Crippen molar-refractivity contribution in [3.05, 3.63) is 59.7 Å². The van der Waals surface area contributed by atoms with Crippen molar-refractivity contribution in [3.8, 4) is 5.75 Å². The van der Waals surface area contributed by atoms with E-state index in [1.54, 1.807) is 7.11 Å². The molecule has 0 saturated carbocycles. The Hall–Kier alpha value is -2.61.